The minimum absolute atomic E-state index is 0.259. The molecule has 32 heavy (non-hydrogen) atoms. The Bertz CT molecular complexity index is 1040. The normalized spacial score (nSPS) is 14.7. The van der Waals surface area contributed by atoms with E-state index in [1.54, 1.807) is 18.2 Å². The lowest BCUT2D eigenvalue weighted by molar-refractivity contribution is -0.127. The fraction of sp³-hybridized carbons (Fsp3) is 0.261. The van der Waals surface area contributed by atoms with E-state index in [4.69, 9.17) is 21.1 Å². The molecule has 9 heteroatoms. The van der Waals surface area contributed by atoms with Crippen molar-refractivity contribution < 1.29 is 23.9 Å². The number of rotatable bonds is 9. The molecule has 3 amide bonds. The summed E-state index contributed by atoms with van der Waals surface area (Å²) in [4.78, 5) is 38.5. The van der Waals surface area contributed by atoms with Gasteiger partial charge >= 0.3 is 0 Å². The summed E-state index contributed by atoms with van der Waals surface area (Å²) in [6.07, 6.45) is 3.66. The summed E-state index contributed by atoms with van der Waals surface area (Å²) in [6.45, 7) is 2.35. The van der Waals surface area contributed by atoms with Crippen molar-refractivity contribution in [2.45, 2.75) is 19.8 Å². The van der Waals surface area contributed by atoms with Crippen LogP contribution in [0.2, 0.25) is 5.02 Å². The Morgan fingerprint density at radius 2 is 1.94 bits per heavy atom. The quantitative estimate of drug-likeness (QED) is 0.397. The SMILES string of the molecule is CCCCOc1ccc(/C=C2\SC(=O)N(CC(=O)Nc3ccc(OC)c(Cl)c3)C2=O)cc1. The number of imide groups is 1. The number of carbonyl (C=O) groups is 3. The second-order valence-corrected chi connectivity index (χ2v) is 8.34. The molecular weight excluding hydrogens is 452 g/mol. The molecule has 0 spiro atoms. The Morgan fingerprint density at radius 1 is 1.19 bits per heavy atom. The van der Waals surface area contributed by atoms with Crippen molar-refractivity contribution in [2.24, 2.45) is 0 Å². The first-order valence-corrected chi connectivity index (χ1v) is 11.2. The minimum atomic E-state index is -0.511. The van der Waals surface area contributed by atoms with Crippen LogP contribution < -0.4 is 14.8 Å². The van der Waals surface area contributed by atoms with Gasteiger partial charge in [-0.2, -0.15) is 0 Å². The van der Waals surface area contributed by atoms with Crippen molar-refractivity contribution >= 4 is 52.2 Å². The first-order valence-electron chi connectivity index (χ1n) is 10.0. The number of thioether (sulfide) groups is 1. The Hall–Kier alpha value is -2.97. The average molecular weight is 475 g/mol. The van der Waals surface area contributed by atoms with Gasteiger partial charge in [0, 0.05) is 5.69 Å². The van der Waals surface area contributed by atoms with Gasteiger partial charge in [-0.05, 0) is 60.2 Å². The minimum Gasteiger partial charge on any atom is -0.495 e. The number of nitrogens with one attached hydrogen (secondary N) is 1. The highest BCUT2D eigenvalue weighted by Crippen LogP contribution is 2.32. The zero-order chi connectivity index (χ0) is 23.1. The van der Waals surface area contributed by atoms with Crippen molar-refractivity contribution in [1.82, 2.24) is 4.90 Å². The number of benzene rings is 2. The first kappa shape index (κ1) is 23.7. The van der Waals surface area contributed by atoms with E-state index < -0.39 is 23.6 Å². The zero-order valence-electron chi connectivity index (χ0n) is 17.7. The van der Waals surface area contributed by atoms with Gasteiger partial charge in [-0.1, -0.05) is 37.1 Å². The second-order valence-electron chi connectivity index (χ2n) is 6.94. The number of anilines is 1. The summed E-state index contributed by atoms with van der Waals surface area (Å²) in [5.41, 5.74) is 1.19. The lowest BCUT2D eigenvalue weighted by atomic mass is 10.2. The molecule has 0 aromatic heterocycles. The van der Waals surface area contributed by atoms with Crippen LogP contribution in [-0.2, 0) is 9.59 Å². The summed E-state index contributed by atoms with van der Waals surface area (Å²) in [5.74, 6) is 0.204. The van der Waals surface area contributed by atoms with Gasteiger partial charge in [0.1, 0.15) is 18.0 Å². The largest absolute Gasteiger partial charge is 0.495 e. The summed E-state index contributed by atoms with van der Waals surface area (Å²) in [7, 11) is 1.49. The van der Waals surface area contributed by atoms with E-state index in [1.807, 2.05) is 24.3 Å². The molecule has 2 aromatic rings. The summed E-state index contributed by atoms with van der Waals surface area (Å²) < 4.78 is 10.7. The van der Waals surface area contributed by atoms with E-state index in [2.05, 4.69) is 12.2 Å². The van der Waals surface area contributed by atoms with Crippen LogP contribution >= 0.6 is 23.4 Å². The third-order valence-corrected chi connectivity index (χ3v) is 5.76. The molecule has 1 N–H and O–H groups in total. The Balaban J connectivity index is 1.61. The van der Waals surface area contributed by atoms with Gasteiger partial charge < -0.3 is 14.8 Å². The van der Waals surface area contributed by atoms with Crippen LogP contribution in [0.1, 0.15) is 25.3 Å². The number of nitrogens with zero attached hydrogens (tertiary/aromatic N) is 1. The van der Waals surface area contributed by atoms with Crippen LogP contribution in [0.4, 0.5) is 10.5 Å². The molecule has 0 bridgehead atoms. The number of carbonyl (C=O) groups excluding carboxylic acids is 3. The van der Waals surface area contributed by atoms with Gasteiger partial charge in [-0.25, -0.2) is 0 Å². The number of halogens is 1. The molecule has 1 heterocycles. The van der Waals surface area contributed by atoms with Crippen molar-refractivity contribution in [2.75, 3.05) is 25.6 Å². The molecule has 0 radical (unpaired) electrons. The fourth-order valence-electron chi connectivity index (χ4n) is 2.87. The lowest BCUT2D eigenvalue weighted by Gasteiger charge is -2.13. The van der Waals surface area contributed by atoms with Crippen LogP contribution in [-0.4, -0.2) is 42.2 Å². The van der Waals surface area contributed by atoms with Crippen molar-refractivity contribution in [1.29, 1.82) is 0 Å². The molecule has 1 fully saturated rings. The topological polar surface area (TPSA) is 84.9 Å². The van der Waals surface area contributed by atoms with Crippen LogP contribution in [0.15, 0.2) is 47.4 Å². The van der Waals surface area contributed by atoms with Crippen molar-refractivity contribution in [3.63, 3.8) is 0 Å². The number of ether oxygens (including phenoxy) is 2. The summed E-state index contributed by atoms with van der Waals surface area (Å²) >= 11 is 6.86. The van der Waals surface area contributed by atoms with Gasteiger partial charge in [-0.15, -0.1) is 0 Å². The van der Waals surface area contributed by atoms with Gasteiger partial charge in [-0.3, -0.25) is 19.3 Å². The Labute approximate surface area is 195 Å². The predicted molar refractivity (Wildman–Crippen MR) is 126 cm³/mol. The van der Waals surface area contributed by atoms with Crippen molar-refractivity contribution in [3.8, 4) is 11.5 Å². The maximum atomic E-state index is 12.7. The maximum absolute atomic E-state index is 12.7. The molecule has 2 aromatic carbocycles. The average Bonchev–Trinajstić information content (AvgIpc) is 3.02. The van der Waals surface area contributed by atoms with Crippen LogP contribution in [0.5, 0.6) is 11.5 Å². The van der Waals surface area contributed by atoms with E-state index >= 15 is 0 Å². The molecule has 1 aliphatic heterocycles. The van der Waals surface area contributed by atoms with Crippen LogP contribution in [0.3, 0.4) is 0 Å². The maximum Gasteiger partial charge on any atom is 0.294 e. The second kappa shape index (κ2) is 11.1. The number of methoxy groups -OCH3 is 1. The lowest BCUT2D eigenvalue weighted by Crippen LogP contribution is -2.36. The van der Waals surface area contributed by atoms with E-state index in [9.17, 15) is 14.4 Å². The number of hydrogen-bond acceptors (Lipinski definition) is 6. The molecule has 1 saturated heterocycles. The van der Waals surface area contributed by atoms with E-state index in [0.29, 0.717) is 23.1 Å². The predicted octanol–water partition coefficient (Wildman–Crippen LogP) is 5.20. The Kier molecular flexibility index (Phi) is 8.19. The molecule has 1 aliphatic rings. The van der Waals surface area contributed by atoms with Gasteiger partial charge in [0.25, 0.3) is 11.1 Å². The molecule has 3 rings (SSSR count). The molecule has 7 nitrogen and oxygen atoms in total. The van der Waals surface area contributed by atoms with Crippen molar-refractivity contribution in [3.05, 3.63) is 58.0 Å². The van der Waals surface area contributed by atoms with Crippen LogP contribution in [0.25, 0.3) is 6.08 Å². The third-order valence-electron chi connectivity index (χ3n) is 4.56. The summed E-state index contributed by atoms with van der Waals surface area (Å²) in [6, 6.07) is 12.0. The molecule has 0 aliphatic carbocycles. The summed E-state index contributed by atoms with van der Waals surface area (Å²) in [5, 5.41) is 2.46. The molecule has 0 unspecified atom stereocenters. The highest BCUT2D eigenvalue weighted by atomic mass is 35.5. The van der Waals surface area contributed by atoms with Gasteiger partial charge in [0.2, 0.25) is 5.91 Å². The Morgan fingerprint density at radius 3 is 2.59 bits per heavy atom. The van der Waals surface area contributed by atoms with E-state index in [-0.39, 0.29) is 4.91 Å². The third kappa shape index (κ3) is 6.05. The van der Waals surface area contributed by atoms with E-state index in [1.165, 1.54) is 13.2 Å². The molecular formula is C23H23ClN2O5S. The zero-order valence-corrected chi connectivity index (χ0v) is 19.3. The van der Waals surface area contributed by atoms with Gasteiger partial charge in [0.15, 0.2) is 0 Å². The molecule has 0 saturated carbocycles. The first-order chi connectivity index (χ1) is 15.4. The van der Waals surface area contributed by atoms with E-state index in [0.717, 1.165) is 40.8 Å². The molecule has 168 valence electrons. The monoisotopic (exact) mass is 474 g/mol. The van der Waals surface area contributed by atoms with Crippen LogP contribution in [0, 0.1) is 0 Å². The highest BCUT2D eigenvalue weighted by Gasteiger charge is 2.36. The smallest absolute Gasteiger partial charge is 0.294 e. The van der Waals surface area contributed by atoms with Gasteiger partial charge in [0.05, 0.1) is 23.6 Å². The standard InChI is InChI=1S/C23H23ClN2O5S/c1-3-4-11-31-17-8-5-15(6-9-17)12-20-22(28)26(23(29)32-20)14-21(27)25-16-7-10-19(30-2)18(24)13-16/h5-10,12-13H,3-4,11,14H2,1-2H3,(H,25,27)/b20-12-. The number of hydrogen-bond donors (Lipinski definition) is 1. The number of unbranched alkanes of at least 4 members (excludes halogenated alkanes) is 1. The highest BCUT2D eigenvalue weighted by molar-refractivity contribution is 8.18. The fourth-order valence-corrected chi connectivity index (χ4v) is 3.97. The molecule has 0 atom stereocenters. The number of amides is 3.